The number of halogens is 1. The van der Waals surface area contributed by atoms with Crippen LogP contribution in [0.3, 0.4) is 0 Å². The molecule has 0 aliphatic rings. The lowest BCUT2D eigenvalue weighted by Crippen LogP contribution is -2.29. The second-order valence-electron chi connectivity index (χ2n) is 4.74. The van der Waals surface area contributed by atoms with Gasteiger partial charge in [0.05, 0.1) is 0 Å². The molecule has 1 N–H and O–H groups in total. The zero-order valence-corrected chi connectivity index (χ0v) is 13.0. The van der Waals surface area contributed by atoms with E-state index in [9.17, 15) is 0 Å². The van der Waals surface area contributed by atoms with Crippen LogP contribution >= 0.6 is 22.9 Å². The van der Waals surface area contributed by atoms with Crippen molar-refractivity contribution in [3.05, 3.63) is 56.7 Å². The van der Waals surface area contributed by atoms with E-state index in [1.807, 2.05) is 30.5 Å². The zero-order valence-electron chi connectivity index (χ0n) is 11.4. The number of benzene rings is 1. The van der Waals surface area contributed by atoms with E-state index in [1.54, 1.807) is 0 Å². The SMILES string of the molecule is CCc1ccc(CC(Cc2ccc(Cl)cc2)NC)s1. The Kier molecular flexibility index (Phi) is 5.44. The molecule has 0 saturated carbocycles. The van der Waals surface area contributed by atoms with E-state index in [0.29, 0.717) is 6.04 Å². The van der Waals surface area contributed by atoms with Crippen molar-refractivity contribution in [3.63, 3.8) is 0 Å². The Hall–Kier alpha value is -0.830. The molecular formula is C16H20ClNS. The lowest BCUT2D eigenvalue weighted by atomic mass is 10.0. The molecule has 1 nitrogen and oxygen atoms in total. The fourth-order valence-electron chi connectivity index (χ4n) is 2.15. The third-order valence-corrected chi connectivity index (χ3v) is 4.82. The van der Waals surface area contributed by atoms with Gasteiger partial charge in [0, 0.05) is 20.8 Å². The first-order valence-electron chi connectivity index (χ1n) is 6.70. The largest absolute Gasteiger partial charge is 0.316 e. The van der Waals surface area contributed by atoms with E-state index in [-0.39, 0.29) is 0 Å². The van der Waals surface area contributed by atoms with Gasteiger partial charge in [0.25, 0.3) is 0 Å². The van der Waals surface area contributed by atoms with E-state index in [4.69, 9.17) is 11.6 Å². The molecule has 19 heavy (non-hydrogen) atoms. The minimum Gasteiger partial charge on any atom is -0.316 e. The number of nitrogens with one attached hydrogen (secondary N) is 1. The Morgan fingerprint density at radius 1 is 1.05 bits per heavy atom. The summed E-state index contributed by atoms with van der Waals surface area (Å²) in [5.74, 6) is 0. The molecule has 0 saturated heterocycles. The van der Waals surface area contributed by atoms with Crippen LogP contribution in [0.2, 0.25) is 5.02 Å². The normalized spacial score (nSPS) is 12.6. The minimum atomic E-state index is 0.476. The number of hydrogen-bond donors (Lipinski definition) is 1. The van der Waals surface area contributed by atoms with Gasteiger partial charge in [-0.25, -0.2) is 0 Å². The maximum atomic E-state index is 5.92. The van der Waals surface area contributed by atoms with Crippen LogP contribution in [0.5, 0.6) is 0 Å². The maximum Gasteiger partial charge on any atom is 0.0406 e. The molecule has 0 amide bonds. The van der Waals surface area contributed by atoms with Gasteiger partial charge < -0.3 is 5.32 Å². The standard InChI is InChI=1S/C16H20ClNS/c1-3-15-8-9-16(19-15)11-14(18-2)10-12-4-6-13(17)7-5-12/h4-9,14,18H,3,10-11H2,1-2H3. The highest BCUT2D eigenvalue weighted by Gasteiger charge is 2.10. The number of likely N-dealkylation sites (N-methyl/N-ethyl adjacent to an activating group) is 1. The maximum absolute atomic E-state index is 5.92. The van der Waals surface area contributed by atoms with Gasteiger partial charge in [-0.15, -0.1) is 11.3 Å². The lowest BCUT2D eigenvalue weighted by Gasteiger charge is -2.15. The summed E-state index contributed by atoms with van der Waals surface area (Å²) in [6.45, 7) is 2.21. The lowest BCUT2D eigenvalue weighted by molar-refractivity contribution is 0.560. The zero-order chi connectivity index (χ0) is 13.7. The molecule has 0 bridgehead atoms. The van der Waals surface area contributed by atoms with Crippen molar-refractivity contribution in [3.8, 4) is 0 Å². The molecule has 3 heteroatoms. The topological polar surface area (TPSA) is 12.0 Å². The highest BCUT2D eigenvalue weighted by Crippen LogP contribution is 2.20. The highest BCUT2D eigenvalue weighted by atomic mass is 35.5. The van der Waals surface area contributed by atoms with Gasteiger partial charge in [-0.2, -0.15) is 0 Å². The van der Waals surface area contributed by atoms with Gasteiger partial charge in [-0.05, 0) is 56.1 Å². The van der Waals surface area contributed by atoms with Gasteiger partial charge in [-0.1, -0.05) is 30.7 Å². The Morgan fingerprint density at radius 2 is 1.74 bits per heavy atom. The summed E-state index contributed by atoms with van der Waals surface area (Å²) in [6, 6.07) is 13.1. The Bertz CT molecular complexity index is 504. The quantitative estimate of drug-likeness (QED) is 0.835. The molecule has 1 unspecified atom stereocenters. The Labute approximate surface area is 124 Å². The Morgan fingerprint density at radius 3 is 2.32 bits per heavy atom. The second kappa shape index (κ2) is 7.09. The molecule has 0 radical (unpaired) electrons. The summed E-state index contributed by atoms with van der Waals surface area (Å²) in [6.07, 6.45) is 3.25. The minimum absolute atomic E-state index is 0.476. The molecule has 0 aliphatic heterocycles. The van der Waals surface area contributed by atoms with Crippen LogP contribution < -0.4 is 5.32 Å². The number of hydrogen-bond acceptors (Lipinski definition) is 2. The molecule has 1 aromatic carbocycles. The van der Waals surface area contributed by atoms with Gasteiger partial charge in [0.15, 0.2) is 0 Å². The van der Waals surface area contributed by atoms with E-state index in [1.165, 1.54) is 15.3 Å². The first-order chi connectivity index (χ1) is 9.21. The van der Waals surface area contributed by atoms with Crippen molar-refractivity contribution in [1.29, 1.82) is 0 Å². The van der Waals surface area contributed by atoms with E-state index < -0.39 is 0 Å². The van der Waals surface area contributed by atoms with Crippen molar-refractivity contribution in [2.75, 3.05) is 7.05 Å². The Balaban J connectivity index is 1.98. The molecule has 2 rings (SSSR count). The summed E-state index contributed by atoms with van der Waals surface area (Å²) in [5.41, 5.74) is 1.33. The van der Waals surface area contributed by atoms with Crippen LogP contribution in [0.1, 0.15) is 22.2 Å². The monoisotopic (exact) mass is 293 g/mol. The smallest absolute Gasteiger partial charge is 0.0406 e. The summed E-state index contributed by atoms with van der Waals surface area (Å²) in [5, 5.41) is 4.22. The molecule has 1 aromatic heterocycles. The van der Waals surface area contributed by atoms with Crippen LogP contribution in [0.4, 0.5) is 0 Å². The summed E-state index contributed by atoms with van der Waals surface area (Å²) < 4.78 is 0. The van der Waals surface area contributed by atoms with Crippen molar-refractivity contribution >= 4 is 22.9 Å². The number of thiophene rings is 1. The summed E-state index contributed by atoms with van der Waals surface area (Å²) >= 11 is 7.85. The predicted octanol–water partition coefficient (Wildman–Crippen LogP) is 4.34. The third kappa shape index (κ3) is 4.34. The molecule has 0 spiro atoms. The van der Waals surface area contributed by atoms with Crippen molar-refractivity contribution in [2.45, 2.75) is 32.2 Å². The first-order valence-corrected chi connectivity index (χ1v) is 7.90. The van der Waals surface area contributed by atoms with Crippen LogP contribution in [-0.4, -0.2) is 13.1 Å². The average molecular weight is 294 g/mol. The second-order valence-corrected chi connectivity index (χ2v) is 6.43. The third-order valence-electron chi connectivity index (χ3n) is 3.32. The first kappa shape index (κ1) is 14.6. The van der Waals surface area contributed by atoms with Crippen LogP contribution in [0.15, 0.2) is 36.4 Å². The van der Waals surface area contributed by atoms with E-state index >= 15 is 0 Å². The fourth-order valence-corrected chi connectivity index (χ4v) is 3.31. The average Bonchev–Trinajstić information content (AvgIpc) is 2.88. The van der Waals surface area contributed by atoms with Crippen LogP contribution in [0.25, 0.3) is 0 Å². The van der Waals surface area contributed by atoms with Crippen molar-refractivity contribution in [1.82, 2.24) is 5.32 Å². The molecular weight excluding hydrogens is 274 g/mol. The van der Waals surface area contributed by atoms with E-state index in [2.05, 4.69) is 36.5 Å². The predicted molar refractivity (Wildman–Crippen MR) is 85.4 cm³/mol. The molecule has 1 atom stereocenters. The molecule has 102 valence electrons. The van der Waals surface area contributed by atoms with Crippen molar-refractivity contribution < 1.29 is 0 Å². The molecule has 0 fully saturated rings. The van der Waals surface area contributed by atoms with E-state index in [0.717, 1.165) is 24.3 Å². The van der Waals surface area contributed by atoms with Crippen LogP contribution in [-0.2, 0) is 19.3 Å². The highest BCUT2D eigenvalue weighted by molar-refractivity contribution is 7.11. The van der Waals surface area contributed by atoms with Crippen molar-refractivity contribution in [2.24, 2.45) is 0 Å². The molecule has 2 aromatic rings. The number of rotatable bonds is 6. The summed E-state index contributed by atoms with van der Waals surface area (Å²) in [4.78, 5) is 2.93. The van der Waals surface area contributed by atoms with Crippen LogP contribution in [0, 0.1) is 0 Å². The number of aryl methyl sites for hydroxylation is 1. The van der Waals surface area contributed by atoms with Gasteiger partial charge in [0.1, 0.15) is 0 Å². The molecule has 0 aliphatic carbocycles. The summed E-state index contributed by atoms with van der Waals surface area (Å²) in [7, 11) is 2.04. The van der Waals surface area contributed by atoms with Gasteiger partial charge in [0.2, 0.25) is 0 Å². The van der Waals surface area contributed by atoms with Gasteiger partial charge in [-0.3, -0.25) is 0 Å². The van der Waals surface area contributed by atoms with Gasteiger partial charge >= 0.3 is 0 Å². The molecule has 1 heterocycles. The fraction of sp³-hybridized carbons (Fsp3) is 0.375.